The van der Waals surface area contributed by atoms with Crippen LogP contribution in [0.4, 0.5) is 0 Å². The molecule has 0 unspecified atom stereocenters. The molecule has 0 saturated carbocycles. The van der Waals surface area contributed by atoms with Crippen LogP contribution in [-0.4, -0.2) is 12.4 Å². The number of ether oxygens (including phenoxy) is 1. The van der Waals surface area contributed by atoms with E-state index in [1.807, 2.05) is 44.2 Å². The molecule has 0 radical (unpaired) electrons. The second kappa shape index (κ2) is 5.89. The Morgan fingerprint density at radius 3 is 2.53 bits per heavy atom. The third-order valence-electron chi connectivity index (χ3n) is 2.94. The standard InChI is InChI=1S/C16H15ClO2/c1-11-5-3-4-6-14(11)16(18)10-19-13-7-8-15(17)12(2)9-13/h3-9H,10H2,1-2H3. The predicted molar refractivity (Wildman–Crippen MR) is 77.2 cm³/mol. The summed E-state index contributed by atoms with van der Waals surface area (Å²) in [6.07, 6.45) is 0. The topological polar surface area (TPSA) is 26.3 Å². The van der Waals surface area contributed by atoms with Crippen LogP contribution in [0.3, 0.4) is 0 Å². The molecule has 2 nitrogen and oxygen atoms in total. The fourth-order valence-corrected chi connectivity index (χ4v) is 1.94. The van der Waals surface area contributed by atoms with Gasteiger partial charge in [0.2, 0.25) is 0 Å². The number of hydrogen-bond donors (Lipinski definition) is 0. The number of hydrogen-bond acceptors (Lipinski definition) is 2. The fourth-order valence-electron chi connectivity index (χ4n) is 1.82. The molecule has 0 bridgehead atoms. The largest absolute Gasteiger partial charge is 0.485 e. The molecule has 0 aliphatic rings. The molecule has 98 valence electrons. The van der Waals surface area contributed by atoms with E-state index in [2.05, 4.69) is 0 Å². The minimum absolute atomic E-state index is 0.0225. The lowest BCUT2D eigenvalue weighted by Crippen LogP contribution is -2.12. The summed E-state index contributed by atoms with van der Waals surface area (Å²) in [7, 11) is 0. The minimum atomic E-state index is -0.0225. The van der Waals surface area contributed by atoms with Crippen LogP contribution in [0.15, 0.2) is 42.5 Å². The van der Waals surface area contributed by atoms with Gasteiger partial charge in [-0.25, -0.2) is 0 Å². The number of benzene rings is 2. The van der Waals surface area contributed by atoms with E-state index in [0.717, 1.165) is 11.1 Å². The lowest BCUT2D eigenvalue weighted by atomic mass is 10.1. The molecule has 0 heterocycles. The second-order valence-electron chi connectivity index (χ2n) is 4.44. The van der Waals surface area contributed by atoms with Gasteiger partial charge in [-0.05, 0) is 43.2 Å². The van der Waals surface area contributed by atoms with Crippen LogP contribution in [0, 0.1) is 13.8 Å². The third kappa shape index (κ3) is 3.36. The van der Waals surface area contributed by atoms with Crippen molar-refractivity contribution < 1.29 is 9.53 Å². The van der Waals surface area contributed by atoms with Gasteiger partial charge in [0, 0.05) is 10.6 Å². The van der Waals surface area contributed by atoms with Gasteiger partial charge in [0.25, 0.3) is 0 Å². The lowest BCUT2D eigenvalue weighted by Gasteiger charge is -2.08. The van der Waals surface area contributed by atoms with Crippen LogP contribution < -0.4 is 4.74 Å². The summed E-state index contributed by atoms with van der Waals surface area (Å²) in [5.41, 5.74) is 2.60. The van der Waals surface area contributed by atoms with Crippen molar-refractivity contribution in [3.8, 4) is 5.75 Å². The molecule has 2 aromatic rings. The van der Waals surface area contributed by atoms with Crippen molar-refractivity contribution in [2.75, 3.05) is 6.61 Å². The first-order chi connectivity index (χ1) is 9.08. The van der Waals surface area contributed by atoms with Gasteiger partial charge in [0.1, 0.15) is 5.75 Å². The van der Waals surface area contributed by atoms with E-state index in [1.165, 1.54) is 0 Å². The Hall–Kier alpha value is -1.80. The number of aryl methyl sites for hydroxylation is 2. The first kappa shape index (κ1) is 13.6. The highest BCUT2D eigenvalue weighted by atomic mass is 35.5. The molecular formula is C16H15ClO2. The molecule has 19 heavy (non-hydrogen) atoms. The smallest absolute Gasteiger partial charge is 0.200 e. The third-order valence-corrected chi connectivity index (χ3v) is 3.37. The quantitative estimate of drug-likeness (QED) is 0.781. The summed E-state index contributed by atoms with van der Waals surface area (Å²) in [4.78, 5) is 12.0. The van der Waals surface area contributed by atoms with Crippen LogP contribution >= 0.6 is 11.6 Å². The van der Waals surface area contributed by atoms with E-state index < -0.39 is 0 Å². The molecule has 0 amide bonds. The molecule has 0 aliphatic heterocycles. The van der Waals surface area contributed by atoms with E-state index >= 15 is 0 Å². The zero-order valence-corrected chi connectivity index (χ0v) is 11.7. The average molecular weight is 275 g/mol. The molecule has 0 aliphatic carbocycles. The normalized spacial score (nSPS) is 10.3. The molecule has 0 spiro atoms. The zero-order chi connectivity index (χ0) is 13.8. The summed E-state index contributed by atoms with van der Waals surface area (Å²) in [5, 5.41) is 0.692. The predicted octanol–water partition coefficient (Wildman–Crippen LogP) is 4.22. The van der Waals surface area contributed by atoms with Gasteiger partial charge in [-0.3, -0.25) is 4.79 Å². The number of carbonyl (C=O) groups excluding carboxylic acids is 1. The number of rotatable bonds is 4. The Labute approximate surface area is 118 Å². The maximum absolute atomic E-state index is 12.0. The molecule has 2 aromatic carbocycles. The van der Waals surface area contributed by atoms with Crippen molar-refractivity contribution >= 4 is 17.4 Å². The number of halogens is 1. The summed E-state index contributed by atoms with van der Waals surface area (Å²) in [6.45, 7) is 3.85. The maximum Gasteiger partial charge on any atom is 0.200 e. The molecule has 0 N–H and O–H groups in total. The van der Waals surface area contributed by atoms with Gasteiger partial charge in [0.05, 0.1) is 0 Å². The van der Waals surface area contributed by atoms with Crippen LogP contribution in [-0.2, 0) is 0 Å². The first-order valence-corrected chi connectivity index (χ1v) is 6.43. The maximum atomic E-state index is 12.0. The molecule has 0 aromatic heterocycles. The molecule has 0 saturated heterocycles. The van der Waals surface area contributed by atoms with E-state index in [1.54, 1.807) is 12.1 Å². The van der Waals surface area contributed by atoms with Crippen molar-refractivity contribution in [3.05, 3.63) is 64.2 Å². The van der Waals surface area contributed by atoms with Crippen LogP contribution in [0.1, 0.15) is 21.5 Å². The van der Waals surface area contributed by atoms with Crippen molar-refractivity contribution in [1.29, 1.82) is 0 Å². The van der Waals surface area contributed by atoms with Crippen molar-refractivity contribution in [1.82, 2.24) is 0 Å². The van der Waals surface area contributed by atoms with Gasteiger partial charge in [-0.1, -0.05) is 35.9 Å². The van der Waals surface area contributed by atoms with Gasteiger partial charge in [-0.2, -0.15) is 0 Å². The number of ketones is 1. The van der Waals surface area contributed by atoms with Gasteiger partial charge in [0.15, 0.2) is 12.4 Å². The van der Waals surface area contributed by atoms with Crippen molar-refractivity contribution in [2.24, 2.45) is 0 Å². The Bertz CT molecular complexity index is 605. The van der Waals surface area contributed by atoms with Crippen molar-refractivity contribution in [2.45, 2.75) is 13.8 Å². The number of carbonyl (C=O) groups is 1. The Morgan fingerprint density at radius 1 is 1.11 bits per heavy atom. The van der Waals surface area contributed by atoms with E-state index in [0.29, 0.717) is 16.3 Å². The van der Waals surface area contributed by atoms with Crippen LogP contribution in [0.25, 0.3) is 0 Å². The van der Waals surface area contributed by atoms with E-state index in [9.17, 15) is 4.79 Å². The Kier molecular flexibility index (Phi) is 4.23. The SMILES string of the molecule is Cc1cc(OCC(=O)c2ccccc2C)ccc1Cl. The summed E-state index contributed by atoms with van der Waals surface area (Å²) < 4.78 is 5.50. The average Bonchev–Trinajstić information content (AvgIpc) is 2.40. The highest BCUT2D eigenvalue weighted by Crippen LogP contribution is 2.21. The second-order valence-corrected chi connectivity index (χ2v) is 4.84. The monoisotopic (exact) mass is 274 g/mol. The Morgan fingerprint density at radius 2 is 1.84 bits per heavy atom. The molecule has 3 heteroatoms. The van der Waals surface area contributed by atoms with E-state index in [-0.39, 0.29) is 12.4 Å². The lowest BCUT2D eigenvalue weighted by molar-refractivity contribution is 0.0921. The zero-order valence-electron chi connectivity index (χ0n) is 10.9. The molecule has 0 atom stereocenters. The van der Waals surface area contributed by atoms with Gasteiger partial charge in [-0.15, -0.1) is 0 Å². The highest BCUT2D eigenvalue weighted by Gasteiger charge is 2.09. The van der Waals surface area contributed by atoms with Gasteiger partial charge < -0.3 is 4.74 Å². The molecule has 2 rings (SSSR count). The summed E-state index contributed by atoms with van der Waals surface area (Å²) in [6, 6.07) is 12.9. The Balaban J connectivity index is 2.04. The number of Topliss-reactive ketones (excluding diaryl/α,β-unsaturated/α-hetero) is 1. The van der Waals surface area contributed by atoms with Crippen LogP contribution in [0.5, 0.6) is 5.75 Å². The fraction of sp³-hybridized carbons (Fsp3) is 0.188. The summed E-state index contributed by atoms with van der Waals surface area (Å²) >= 11 is 5.94. The van der Waals surface area contributed by atoms with Crippen LogP contribution in [0.2, 0.25) is 5.02 Å². The highest BCUT2D eigenvalue weighted by molar-refractivity contribution is 6.31. The summed E-state index contributed by atoms with van der Waals surface area (Å²) in [5.74, 6) is 0.634. The molecule has 0 fully saturated rings. The van der Waals surface area contributed by atoms with Crippen molar-refractivity contribution in [3.63, 3.8) is 0 Å². The molecular weight excluding hydrogens is 260 g/mol. The van der Waals surface area contributed by atoms with E-state index in [4.69, 9.17) is 16.3 Å². The minimum Gasteiger partial charge on any atom is -0.485 e. The van der Waals surface area contributed by atoms with Gasteiger partial charge >= 0.3 is 0 Å². The first-order valence-electron chi connectivity index (χ1n) is 6.05.